The molecule has 0 aromatic carbocycles. The molecule has 1 aliphatic rings. The van der Waals surface area contributed by atoms with Gasteiger partial charge in [-0.1, -0.05) is 18.2 Å². The molecule has 0 aromatic heterocycles. The predicted molar refractivity (Wildman–Crippen MR) is 72.3 cm³/mol. The fraction of sp³-hybridized carbons (Fsp3) is 0.583. The highest BCUT2D eigenvalue weighted by atomic mass is 35.5. The van der Waals surface area contributed by atoms with Gasteiger partial charge in [-0.25, -0.2) is 5.84 Å². The number of allylic oxidation sites excluding steroid dienone is 2. The first-order chi connectivity index (χ1) is 8.80. The highest BCUT2D eigenvalue weighted by Crippen LogP contribution is 2.45. The Bertz CT molecular complexity index is 468. The Labute approximate surface area is 125 Å². The van der Waals surface area contributed by atoms with Gasteiger partial charge in [0.25, 0.3) is 5.91 Å². The fourth-order valence-electron chi connectivity index (χ4n) is 1.47. The standard InChI is InChI=1S/C12H15Cl2F3N2O/c1-10(2,3)19(18)9(20)7-4-5-11(14,8(13)6-7)12(15,16)17/h4-6,8H,18H2,1-3H3. The molecule has 1 amide bonds. The number of carbonyl (C=O) groups is 1. The topological polar surface area (TPSA) is 46.3 Å². The molecule has 0 aromatic rings. The van der Waals surface area contributed by atoms with Crippen LogP contribution in [-0.2, 0) is 4.79 Å². The third kappa shape index (κ3) is 3.13. The molecule has 8 heteroatoms. The minimum Gasteiger partial charge on any atom is -0.271 e. The largest absolute Gasteiger partial charge is 0.412 e. The Hall–Kier alpha value is -0.720. The smallest absolute Gasteiger partial charge is 0.271 e. The monoisotopic (exact) mass is 330 g/mol. The number of nitrogens with two attached hydrogens (primary N) is 1. The lowest BCUT2D eigenvalue weighted by Crippen LogP contribution is -2.52. The van der Waals surface area contributed by atoms with Gasteiger partial charge in [0.15, 0.2) is 4.87 Å². The summed E-state index contributed by atoms with van der Waals surface area (Å²) >= 11 is 11.2. The summed E-state index contributed by atoms with van der Waals surface area (Å²) in [5.41, 5.74) is -0.699. The first kappa shape index (κ1) is 17.3. The molecule has 0 heterocycles. The summed E-state index contributed by atoms with van der Waals surface area (Å²) in [5, 5.41) is -0.664. The second-order valence-electron chi connectivity index (χ2n) is 5.47. The summed E-state index contributed by atoms with van der Waals surface area (Å²) in [6.45, 7) is 5.08. The van der Waals surface area contributed by atoms with Crippen molar-refractivity contribution in [3.8, 4) is 0 Å². The van der Waals surface area contributed by atoms with Crippen molar-refractivity contribution in [2.45, 2.75) is 42.7 Å². The molecule has 1 rings (SSSR count). The van der Waals surface area contributed by atoms with E-state index in [1.807, 2.05) is 0 Å². The highest BCUT2D eigenvalue weighted by molar-refractivity contribution is 6.35. The van der Waals surface area contributed by atoms with Crippen LogP contribution in [0.4, 0.5) is 13.2 Å². The zero-order valence-corrected chi connectivity index (χ0v) is 12.6. The molecule has 2 N–H and O–H groups in total. The molecule has 20 heavy (non-hydrogen) atoms. The lowest BCUT2D eigenvalue weighted by atomic mass is 9.93. The third-order valence-corrected chi connectivity index (χ3v) is 4.01. The van der Waals surface area contributed by atoms with Crippen LogP contribution >= 0.6 is 23.2 Å². The maximum atomic E-state index is 12.8. The van der Waals surface area contributed by atoms with Gasteiger partial charge in [0.05, 0.1) is 10.9 Å². The number of rotatable bonds is 1. The Kier molecular flexibility index (Phi) is 4.54. The Morgan fingerprint density at radius 3 is 2.25 bits per heavy atom. The average molecular weight is 331 g/mol. The minimum atomic E-state index is -4.73. The van der Waals surface area contributed by atoms with Crippen LogP contribution in [0, 0.1) is 0 Å². The second kappa shape index (κ2) is 5.24. The molecule has 0 saturated carbocycles. The van der Waals surface area contributed by atoms with E-state index in [1.165, 1.54) is 0 Å². The van der Waals surface area contributed by atoms with Crippen molar-refractivity contribution in [2.75, 3.05) is 0 Å². The van der Waals surface area contributed by atoms with Crippen LogP contribution in [0.2, 0.25) is 0 Å². The van der Waals surface area contributed by atoms with Gasteiger partial charge < -0.3 is 0 Å². The number of alkyl halides is 5. The summed E-state index contributed by atoms with van der Waals surface area (Å²) in [7, 11) is 0. The van der Waals surface area contributed by atoms with E-state index < -0.39 is 27.9 Å². The van der Waals surface area contributed by atoms with Gasteiger partial charge in [-0.2, -0.15) is 13.2 Å². The molecule has 0 aliphatic heterocycles. The number of hydrogen-bond acceptors (Lipinski definition) is 2. The molecular weight excluding hydrogens is 316 g/mol. The maximum Gasteiger partial charge on any atom is 0.412 e. The van der Waals surface area contributed by atoms with E-state index >= 15 is 0 Å². The molecule has 0 fully saturated rings. The van der Waals surface area contributed by atoms with Gasteiger partial charge >= 0.3 is 6.18 Å². The first-order valence-electron chi connectivity index (χ1n) is 5.71. The number of hydrazine groups is 1. The fourth-order valence-corrected chi connectivity index (χ4v) is 1.93. The van der Waals surface area contributed by atoms with Crippen LogP contribution in [-0.4, -0.2) is 32.9 Å². The van der Waals surface area contributed by atoms with Crippen LogP contribution < -0.4 is 5.84 Å². The van der Waals surface area contributed by atoms with Crippen molar-refractivity contribution in [3.05, 3.63) is 23.8 Å². The Morgan fingerprint density at radius 1 is 1.40 bits per heavy atom. The van der Waals surface area contributed by atoms with Crippen molar-refractivity contribution in [1.82, 2.24) is 5.01 Å². The van der Waals surface area contributed by atoms with Gasteiger partial charge in [-0.15, -0.1) is 23.2 Å². The summed E-state index contributed by atoms with van der Waals surface area (Å²) in [5.74, 6) is 5.01. The number of hydrogen-bond donors (Lipinski definition) is 1. The second-order valence-corrected chi connectivity index (χ2v) is 6.56. The van der Waals surface area contributed by atoms with Crippen molar-refractivity contribution in [1.29, 1.82) is 0 Å². The van der Waals surface area contributed by atoms with Gasteiger partial charge in [-0.3, -0.25) is 9.80 Å². The van der Waals surface area contributed by atoms with Crippen LogP contribution in [0.15, 0.2) is 23.8 Å². The quantitative estimate of drug-likeness (QED) is 0.347. The predicted octanol–water partition coefficient (Wildman–Crippen LogP) is 3.13. The van der Waals surface area contributed by atoms with Crippen molar-refractivity contribution < 1.29 is 18.0 Å². The van der Waals surface area contributed by atoms with E-state index in [2.05, 4.69) is 0 Å². The van der Waals surface area contributed by atoms with E-state index in [0.29, 0.717) is 6.08 Å². The van der Waals surface area contributed by atoms with E-state index in [1.54, 1.807) is 20.8 Å². The number of nitrogens with zero attached hydrogens (tertiary/aromatic N) is 1. The summed E-state index contributed by atoms with van der Waals surface area (Å²) in [6, 6.07) is 0. The van der Waals surface area contributed by atoms with Gasteiger partial charge in [0, 0.05) is 5.57 Å². The maximum absolute atomic E-state index is 12.8. The number of carbonyl (C=O) groups excluding carboxylic acids is 1. The molecule has 2 unspecified atom stereocenters. The van der Waals surface area contributed by atoms with E-state index in [9.17, 15) is 18.0 Å². The molecule has 0 spiro atoms. The van der Waals surface area contributed by atoms with E-state index in [-0.39, 0.29) is 5.57 Å². The molecule has 1 aliphatic carbocycles. The molecular formula is C12H15Cl2F3N2O. The van der Waals surface area contributed by atoms with Crippen molar-refractivity contribution >= 4 is 29.1 Å². The number of amides is 1. The summed E-state index contributed by atoms with van der Waals surface area (Å²) < 4.78 is 38.5. The third-order valence-electron chi connectivity index (χ3n) is 2.86. The Morgan fingerprint density at radius 2 is 1.90 bits per heavy atom. The molecule has 3 nitrogen and oxygen atoms in total. The Balaban J connectivity index is 3.04. The average Bonchev–Trinajstić information content (AvgIpc) is 2.28. The van der Waals surface area contributed by atoms with E-state index in [0.717, 1.165) is 17.2 Å². The van der Waals surface area contributed by atoms with Gasteiger partial charge in [0.1, 0.15) is 0 Å². The zero-order chi connectivity index (χ0) is 15.9. The molecule has 114 valence electrons. The highest BCUT2D eigenvalue weighted by Gasteiger charge is 2.57. The molecule has 0 bridgehead atoms. The van der Waals surface area contributed by atoms with Crippen molar-refractivity contribution in [2.24, 2.45) is 5.84 Å². The first-order valence-corrected chi connectivity index (χ1v) is 6.52. The molecule has 0 saturated heterocycles. The van der Waals surface area contributed by atoms with Crippen LogP contribution in [0.1, 0.15) is 20.8 Å². The lowest BCUT2D eigenvalue weighted by molar-refractivity contribution is -0.149. The van der Waals surface area contributed by atoms with Crippen LogP contribution in [0.3, 0.4) is 0 Å². The van der Waals surface area contributed by atoms with E-state index in [4.69, 9.17) is 29.0 Å². The lowest BCUT2D eigenvalue weighted by Gasteiger charge is -2.34. The summed E-state index contributed by atoms with van der Waals surface area (Å²) in [6.07, 6.45) is -2.09. The zero-order valence-electron chi connectivity index (χ0n) is 11.1. The van der Waals surface area contributed by atoms with Gasteiger partial charge in [0.2, 0.25) is 0 Å². The molecule has 2 atom stereocenters. The van der Waals surface area contributed by atoms with Gasteiger partial charge in [-0.05, 0) is 20.8 Å². The molecule has 0 radical (unpaired) electrons. The normalized spacial score (nSPS) is 27.2. The SMILES string of the molecule is CC(C)(C)N(N)C(=O)C1=CC(Cl)C(Cl)(C(F)(F)F)C=C1. The number of halogens is 5. The van der Waals surface area contributed by atoms with Crippen molar-refractivity contribution in [3.63, 3.8) is 0 Å². The summed E-state index contributed by atoms with van der Waals surface area (Å²) in [4.78, 5) is 9.33. The minimum absolute atomic E-state index is 0.0250. The van der Waals surface area contributed by atoms with Crippen LogP contribution in [0.5, 0.6) is 0 Å². The van der Waals surface area contributed by atoms with Crippen LogP contribution in [0.25, 0.3) is 0 Å².